The molecule has 0 unspecified atom stereocenters. The van der Waals surface area contributed by atoms with Crippen LogP contribution in [0.2, 0.25) is 0 Å². The second kappa shape index (κ2) is 4.84. The Kier molecular flexibility index (Phi) is 3.97. The number of rotatable bonds is 3. The maximum Gasteiger partial charge on any atom is 0.409 e. The van der Waals surface area contributed by atoms with Crippen LogP contribution in [0.4, 0.5) is 4.79 Å². The lowest BCUT2D eigenvalue weighted by molar-refractivity contribution is 0.0622. The number of hydrogen-bond donors (Lipinski definition) is 1. The summed E-state index contributed by atoms with van der Waals surface area (Å²) in [5.74, 6) is 0. The third-order valence-electron chi connectivity index (χ3n) is 2.85. The molecule has 15 heavy (non-hydrogen) atoms. The predicted molar refractivity (Wildman–Crippen MR) is 59.8 cm³/mol. The number of ether oxygens (including phenoxy) is 1. The topological polar surface area (TPSA) is 41.6 Å². The maximum absolute atomic E-state index is 11.4. The summed E-state index contributed by atoms with van der Waals surface area (Å²) in [5, 5.41) is 3.26. The molecule has 0 bridgehead atoms. The second-order valence-corrected chi connectivity index (χ2v) is 5.12. The van der Waals surface area contributed by atoms with Crippen LogP contribution < -0.4 is 5.32 Å². The molecular formula is C11H22N2O2. The van der Waals surface area contributed by atoms with Crippen LogP contribution in [0.1, 0.15) is 27.2 Å². The first-order chi connectivity index (χ1) is 6.95. The van der Waals surface area contributed by atoms with E-state index in [-0.39, 0.29) is 11.5 Å². The van der Waals surface area contributed by atoms with Crippen LogP contribution in [-0.2, 0) is 4.74 Å². The molecule has 1 heterocycles. The van der Waals surface area contributed by atoms with Gasteiger partial charge in [0.15, 0.2) is 0 Å². The summed E-state index contributed by atoms with van der Waals surface area (Å²) < 4.78 is 5.01. The number of likely N-dealkylation sites (N-methyl/N-ethyl adjacent to an activating group) is 1. The monoisotopic (exact) mass is 214 g/mol. The molecule has 0 saturated carbocycles. The van der Waals surface area contributed by atoms with Crippen molar-refractivity contribution in [2.24, 2.45) is 5.41 Å². The first-order valence-electron chi connectivity index (χ1n) is 5.54. The summed E-state index contributed by atoms with van der Waals surface area (Å²) in [6.07, 6.45) is 0.762. The third-order valence-corrected chi connectivity index (χ3v) is 2.85. The lowest BCUT2D eigenvalue weighted by Gasteiger charge is -2.36. The maximum atomic E-state index is 11.4. The van der Waals surface area contributed by atoms with Crippen molar-refractivity contribution in [2.75, 3.05) is 26.7 Å². The average Bonchev–Trinajstić information content (AvgIpc) is 2.14. The van der Waals surface area contributed by atoms with Gasteiger partial charge in [0.05, 0.1) is 6.61 Å². The summed E-state index contributed by atoms with van der Waals surface area (Å²) in [7, 11) is 1.94. The highest BCUT2D eigenvalue weighted by Crippen LogP contribution is 2.20. The molecule has 0 aromatic rings. The highest BCUT2D eigenvalue weighted by Gasteiger charge is 2.28. The number of hydrogen-bond acceptors (Lipinski definition) is 3. The molecule has 1 saturated heterocycles. The quantitative estimate of drug-likeness (QED) is 0.773. The van der Waals surface area contributed by atoms with E-state index in [1.807, 2.05) is 7.05 Å². The molecular weight excluding hydrogens is 192 g/mol. The van der Waals surface area contributed by atoms with E-state index in [1.165, 1.54) is 0 Å². The predicted octanol–water partition coefficient (Wildman–Crippen LogP) is 1.46. The molecule has 0 radical (unpaired) electrons. The Balaban J connectivity index is 2.54. The summed E-state index contributed by atoms with van der Waals surface area (Å²) in [4.78, 5) is 13.2. The third kappa shape index (κ3) is 3.38. The minimum Gasteiger partial charge on any atom is -0.449 e. The van der Waals surface area contributed by atoms with Gasteiger partial charge in [-0.3, -0.25) is 0 Å². The summed E-state index contributed by atoms with van der Waals surface area (Å²) in [5.41, 5.74) is 0.145. The molecule has 88 valence electrons. The van der Waals surface area contributed by atoms with Gasteiger partial charge in [-0.15, -0.1) is 0 Å². The van der Waals surface area contributed by atoms with Crippen molar-refractivity contribution in [3.8, 4) is 0 Å². The number of cyclic esters (lactones) is 1. The van der Waals surface area contributed by atoms with Gasteiger partial charge in [-0.05, 0) is 18.9 Å². The zero-order chi connectivity index (χ0) is 11.5. The number of carbonyl (C=O) groups excluding carboxylic acids is 1. The van der Waals surface area contributed by atoms with Gasteiger partial charge in [0.25, 0.3) is 0 Å². The smallest absolute Gasteiger partial charge is 0.409 e. The number of nitrogens with one attached hydrogen (secondary N) is 1. The number of amides is 1. The summed E-state index contributed by atoms with van der Waals surface area (Å²) >= 11 is 0. The van der Waals surface area contributed by atoms with Crippen LogP contribution in [0.25, 0.3) is 0 Å². The Morgan fingerprint density at radius 3 is 2.67 bits per heavy atom. The highest BCUT2D eigenvalue weighted by atomic mass is 16.6. The van der Waals surface area contributed by atoms with E-state index in [0.717, 1.165) is 19.5 Å². The Labute approximate surface area is 92.0 Å². The van der Waals surface area contributed by atoms with Gasteiger partial charge >= 0.3 is 6.09 Å². The SMILES string of the molecule is CN[C@H](CN1CCCOC1=O)C(C)(C)C. The van der Waals surface area contributed by atoms with E-state index in [1.54, 1.807) is 4.90 Å². The average molecular weight is 214 g/mol. The minimum absolute atomic E-state index is 0.145. The van der Waals surface area contributed by atoms with Gasteiger partial charge in [0, 0.05) is 19.1 Å². The lowest BCUT2D eigenvalue weighted by atomic mass is 9.86. The molecule has 1 N–H and O–H groups in total. The molecule has 0 spiro atoms. The first kappa shape index (κ1) is 12.3. The molecule has 0 aromatic heterocycles. The van der Waals surface area contributed by atoms with E-state index in [9.17, 15) is 4.79 Å². The standard InChI is InChI=1S/C11H22N2O2/c1-11(2,3)9(12-4)8-13-6-5-7-15-10(13)14/h9,12H,5-8H2,1-4H3/t9-/m1/s1. The van der Waals surface area contributed by atoms with Crippen molar-refractivity contribution in [3.63, 3.8) is 0 Å². The van der Waals surface area contributed by atoms with Crippen molar-refractivity contribution in [2.45, 2.75) is 33.2 Å². The molecule has 1 amide bonds. The van der Waals surface area contributed by atoms with Crippen LogP contribution in [0, 0.1) is 5.41 Å². The fourth-order valence-electron chi connectivity index (χ4n) is 1.78. The first-order valence-corrected chi connectivity index (χ1v) is 5.54. The van der Waals surface area contributed by atoms with E-state index in [4.69, 9.17) is 4.74 Å². The van der Waals surface area contributed by atoms with Crippen LogP contribution in [0.3, 0.4) is 0 Å². The van der Waals surface area contributed by atoms with Gasteiger partial charge in [0.1, 0.15) is 0 Å². The van der Waals surface area contributed by atoms with E-state index >= 15 is 0 Å². The largest absolute Gasteiger partial charge is 0.449 e. The van der Waals surface area contributed by atoms with Gasteiger partial charge < -0.3 is 15.0 Å². The molecule has 1 rings (SSSR count). The van der Waals surface area contributed by atoms with Crippen molar-refractivity contribution in [1.82, 2.24) is 10.2 Å². The Hall–Kier alpha value is -0.770. The molecule has 0 aliphatic carbocycles. The summed E-state index contributed by atoms with van der Waals surface area (Å²) in [6.45, 7) is 8.61. The van der Waals surface area contributed by atoms with Crippen LogP contribution >= 0.6 is 0 Å². The molecule has 4 heteroatoms. The van der Waals surface area contributed by atoms with Crippen molar-refractivity contribution in [1.29, 1.82) is 0 Å². The highest BCUT2D eigenvalue weighted by molar-refractivity contribution is 5.68. The van der Waals surface area contributed by atoms with Crippen LogP contribution in [0.5, 0.6) is 0 Å². The van der Waals surface area contributed by atoms with Gasteiger partial charge in [-0.2, -0.15) is 0 Å². The van der Waals surface area contributed by atoms with E-state index in [0.29, 0.717) is 12.6 Å². The fourth-order valence-corrected chi connectivity index (χ4v) is 1.78. The van der Waals surface area contributed by atoms with Gasteiger partial charge in [0.2, 0.25) is 0 Å². The van der Waals surface area contributed by atoms with Crippen LogP contribution in [-0.4, -0.2) is 43.8 Å². The number of nitrogens with zero attached hydrogens (tertiary/aromatic N) is 1. The fraction of sp³-hybridized carbons (Fsp3) is 0.909. The molecule has 1 fully saturated rings. The molecule has 1 aliphatic heterocycles. The zero-order valence-electron chi connectivity index (χ0n) is 10.2. The Bertz CT molecular complexity index is 223. The van der Waals surface area contributed by atoms with E-state index in [2.05, 4.69) is 26.1 Å². The van der Waals surface area contributed by atoms with Crippen molar-refractivity contribution < 1.29 is 9.53 Å². The Morgan fingerprint density at radius 1 is 1.53 bits per heavy atom. The molecule has 0 aromatic carbocycles. The lowest BCUT2D eigenvalue weighted by Crippen LogP contribution is -2.50. The van der Waals surface area contributed by atoms with Crippen LogP contribution in [0.15, 0.2) is 0 Å². The van der Waals surface area contributed by atoms with Gasteiger partial charge in [-0.25, -0.2) is 4.79 Å². The molecule has 1 aliphatic rings. The zero-order valence-corrected chi connectivity index (χ0v) is 10.2. The number of carbonyl (C=O) groups is 1. The van der Waals surface area contributed by atoms with Crippen molar-refractivity contribution >= 4 is 6.09 Å². The van der Waals surface area contributed by atoms with E-state index < -0.39 is 0 Å². The van der Waals surface area contributed by atoms with Gasteiger partial charge in [-0.1, -0.05) is 20.8 Å². The second-order valence-electron chi connectivity index (χ2n) is 5.12. The normalized spacial score (nSPS) is 20.0. The minimum atomic E-state index is -0.175. The summed E-state index contributed by atoms with van der Waals surface area (Å²) in [6, 6.07) is 0.295. The molecule has 1 atom stereocenters. The van der Waals surface area contributed by atoms with Crippen molar-refractivity contribution in [3.05, 3.63) is 0 Å². The molecule has 4 nitrogen and oxygen atoms in total. The Morgan fingerprint density at radius 2 is 2.20 bits per heavy atom.